The molecule has 3 N–H and O–H groups in total. The number of unbranched alkanes of at least 4 members (excludes halogenated alkanes) is 2. The lowest BCUT2D eigenvalue weighted by Gasteiger charge is -2.31. The van der Waals surface area contributed by atoms with Crippen LogP contribution in [0.2, 0.25) is 0 Å². The molecule has 0 radical (unpaired) electrons. The van der Waals surface area contributed by atoms with Gasteiger partial charge in [-0.1, -0.05) is 26.7 Å². The number of nitrogens with one attached hydrogen (secondary N) is 1. The molecule has 1 aliphatic heterocycles. The van der Waals surface area contributed by atoms with Crippen LogP contribution in [0.1, 0.15) is 95.7 Å². The number of ether oxygens (including phenoxy) is 2. The molecule has 1 aromatic carbocycles. The van der Waals surface area contributed by atoms with E-state index in [-0.39, 0.29) is 66.7 Å². The molecule has 0 unspecified atom stereocenters. The molecule has 220 valence electrons. The molecule has 9 nitrogen and oxygen atoms in total. The van der Waals surface area contributed by atoms with Crippen LogP contribution in [0.4, 0.5) is 0 Å². The average molecular weight is 596 g/mol. The number of carboxylic acids is 2. The Morgan fingerprint density at radius 3 is 2.25 bits per heavy atom. The molecule has 0 saturated heterocycles. The number of hydrogen-bond acceptors (Lipinski definition) is 8. The predicted molar refractivity (Wildman–Crippen MR) is 154 cm³/mol. The molecule has 0 amide bonds. The van der Waals surface area contributed by atoms with Gasteiger partial charge in [0.1, 0.15) is 0 Å². The maximum absolute atomic E-state index is 13.0. The van der Waals surface area contributed by atoms with Gasteiger partial charge in [0, 0.05) is 36.4 Å². The van der Waals surface area contributed by atoms with Crippen LogP contribution in [0, 0.1) is 0 Å². The minimum absolute atomic E-state index is 0. The van der Waals surface area contributed by atoms with Crippen molar-refractivity contribution in [3.05, 3.63) is 45.1 Å². The molecule has 0 saturated carbocycles. The zero-order chi connectivity index (χ0) is 28.4. The summed E-state index contributed by atoms with van der Waals surface area (Å²) >= 11 is 1.48. The van der Waals surface area contributed by atoms with Crippen LogP contribution >= 0.6 is 23.7 Å². The second-order valence-electron chi connectivity index (χ2n) is 9.78. The number of thiophene rings is 1. The summed E-state index contributed by atoms with van der Waals surface area (Å²) in [5.41, 5.74) is -0.138. The molecule has 40 heavy (non-hydrogen) atoms. The summed E-state index contributed by atoms with van der Waals surface area (Å²) in [7, 11) is 0. The standard InChI is InChI=1S/C29H37NO8S.ClH/c1-3-5-12-29(28(35)36,13-6-4-2)38-23-10-7-19(15-24(23)37-18-27(33)34)21(31)8-9-22(32)26-16-20-17-30-14-11-25(20)39-26;/h7,10,15-16,30H,3-6,8-9,11-14,17-18H2,1-2H3,(H,33,34)(H,35,36);1H. The maximum Gasteiger partial charge on any atom is 0.348 e. The molecule has 0 bridgehead atoms. The number of rotatable bonds is 17. The van der Waals surface area contributed by atoms with Crippen LogP contribution in [0.15, 0.2) is 24.3 Å². The Morgan fingerprint density at radius 2 is 1.65 bits per heavy atom. The Labute approximate surface area is 244 Å². The van der Waals surface area contributed by atoms with Crippen LogP contribution in [0.5, 0.6) is 11.5 Å². The Hall–Kier alpha value is -2.95. The quantitative estimate of drug-likeness (QED) is 0.196. The fourth-order valence-electron chi connectivity index (χ4n) is 4.52. The smallest absolute Gasteiger partial charge is 0.348 e. The molecule has 0 fully saturated rings. The topological polar surface area (TPSA) is 139 Å². The molecule has 1 aliphatic rings. The normalized spacial score (nSPS) is 12.7. The van der Waals surface area contributed by atoms with Gasteiger partial charge in [-0.15, -0.1) is 23.7 Å². The van der Waals surface area contributed by atoms with Crippen molar-refractivity contribution in [1.29, 1.82) is 0 Å². The largest absolute Gasteiger partial charge is 0.479 e. The van der Waals surface area contributed by atoms with Gasteiger partial charge in [-0.2, -0.15) is 0 Å². The van der Waals surface area contributed by atoms with Crippen LogP contribution in [0.3, 0.4) is 0 Å². The first-order valence-corrected chi connectivity index (χ1v) is 14.3. The summed E-state index contributed by atoms with van der Waals surface area (Å²) in [6.45, 7) is 4.86. The molecular weight excluding hydrogens is 558 g/mol. The number of halogens is 1. The first-order valence-electron chi connectivity index (χ1n) is 13.5. The predicted octanol–water partition coefficient (Wildman–Crippen LogP) is 5.71. The highest BCUT2D eigenvalue weighted by atomic mass is 35.5. The third kappa shape index (κ3) is 8.78. The summed E-state index contributed by atoms with van der Waals surface area (Å²) < 4.78 is 11.5. The minimum atomic E-state index is -1.50. The van der Waals surface area contributed by atoms with Crippen LogP contribution in [-0.4, -0.2) is 52.5 Å². The van der Waals surface area contributed by atoms with Crippen molar-refractivity contribution in [2.75, 3.05) is 13.2 Å². The van der Waals surface area contributed by atoms with Gasteiger partial charge in [-0.3, -0.25) is 9.59 Å². The molecule has 0 spiro atoms. The average Bonchev–Trinajstić information content (AvgIpc) is 3.36. The zero-order valence-electron chi connectivity index (χ0n) is 23.0. The Balaban J connectivity index is 0.00000560. The van der Waals surface area contributed by atoms with Gasteiger partial charge >= 0.3 is 11.9 Å². The van der Waals surface area contributed by atoms with Gasteiger partial charge in [0.25, 0.3) is 0 Å². The lowest BCUT2D eigenvalue weighted by Crippen LogP contribution is -2.44. The van der Waals surface area contributed by atoms with E-state index in [0.29, 0.717) is 17.7 Å². The van der Waals surface area contributed by atoms with Gasteiger partial charge in [0.15, 0.2) is 29.7 Å². The lowest BCUT2D eigenvalue weighted by atomic mass is 9.90. The van der Waals surface area contributed by atoms with Gasteiger partial charge < -0.3 is 25.0 Å². The molecule has 2 aromatic rings. The fraction of sp³-hybridized carbons (Fsp3) is 0.517. The highest BCUT2D eigenvalue weighted by Crippen LogP contribution is 2.36. The number of carboxylic acid groups (broad SMARTS) is 2. The highest BCUT2D eigenvalue weighted by molar-refractivity contribution is 7.14. The minimum Gasteiger partial charge on any atom is -0.479 e. The number of aliphatic carboxylic acids is 2. The van der Waals surface area contributed by atoms with Crippen molar-refractivity contribution in [3.63, 3.8) is 0 Å². The van der Waals surface area contributed by atoms with E-state index in [1.807, 2.05) is 19.9 Å². The third-order valence-electron chi connectivity index (χ3n) is 6.78. The summed E-state index contributed by atoms with van der Waals surface area (Å²) in [4.78, 5) is 51.2. The van der Waals surface area contributed by atoms with E-state index >= 15 is 0 Å². The first kappa shape index (κ1) is 33.3. The van der Waals surface area contributed by atoms with E-state index in [2.05, 4.69) is 5.32 Å². The SMILES string of the molecule is CCCCC(CCCC)(Oc1ccc(C(=O)CCC(=O)c2cc3c(s2)CCNC3)cc1OCC(=O)O)C(=O)O.Cl. The van der Waals surface area contributed by atoms with E-state index in [4.69, 9.17) is 14.6 Å². The molecule has 2 heterocycles. The van der Waals surface area contributed by atoms with E-state index in [9.17, 15) is 24.3 Å². The second-order valence-corrected chi connectivity index (χ2v) is 10.9. The zero-order valence-corrected chi connectivity index (χ0v) is 24.6. The number of carbonyl (C=O) groups is 4. The Kier molecular flexibility index (Phi) is 13.1. The number of benzene rings is 1. The van der Waals surface area contributed by atoms with Crippen molar-refractivity contribution >= 4 is 47.2 Å². The number of carbonyl (C=O) groups excluding carboxylic acids is 2. The van der Waals surface area contributed by atoms with Crippen molar-refractivity contribution in [1.82, 2.24) is 5.32 Å². The number of ketones is 2. The van der Waals surface area contributed by atoms with Crippen molar-refractivity contribution < 1.29 is 38.9 Å². The van der Waals surface area contributed by atoms with Crippen LogP contribution < -0.4 is 14.8 Å². The van der Waals surface area contributed by atoms with Crippen molar-refractivity contribution in [2.24, 2.45) is 0 Å². The summed E-state index contributed by atoms with van der Waals surface area (Å²) in [5, 5.41) is 22.5. The monoisotopic (exact) mass is 595 g/mol. The summed E-state index contributed by atoms with van der Waals surface area (Å²) in [6.07, 6.45) is 4.30. The highest BCUT2D eigenvalue weighted by Gasteiger charge is 2.40. The molecule has 3 rings (SSSR count). The summed E-state index contributed by atoms with van der Waals surface area (Å²) in [6, 6.07) is 6.21. The van der Waals surface area contributed by atoms with Crippen LogP contribution in [0.25, 0.3) is 0 Å². The Bertz CT molecular complexity index is 1160. The van der Waals surface area contributed by atoms with Gasteiger partial charge in [-0.25, -0.2) is 9.59 Å². The molecular formula is C29H38ClNO8S. The molecule has 1 aromatic heterocycles. The Morgan fingerprint density at radius 1 is 0.975 bits per heavy atom. The first-order chi connectivity index (χ1) is 18.7. The molecule has 0 aliphatic carbocycles. The van der Waals surface area contributed by atoms with E-state index in [1.54, 1.807) is 0 Å². The van der Waals surface area contributed by atoms with Gasteiger partial charge in [0.05, 0.1) is 4.88 Å². The second kappa shape index (κ2) is 15.7. The molecule has 0 atom stereocenters. The number of hydrogen-bond donors (Lipinski definition) is 3. The maximum atomic E-state index is 13.0. The van der Waals surface area contributed by atoms with Gasteiger partial charge in [0.2, 0.25) is 5.60 Å². The van der Waals surface area contributed by atoms with Gasteiger partial charge in [-0.05, 0) is 61.9 Å². The van der Waals surface area contributed by atoms with E-state index in [1.165, 1.54) is 34.4 Å². The number of fused-ring (bicyclic) bond motifs is 1. The van der Waals surface area contributed by atoms with E-state index < -0.39 is 24.1 Å². The third-order valence-corrected chi connectivity index (χ3v) is 8.05. The lowest BCUT2D eigenvalue weighted by molar-refractivity contribution is -0.157. The number of Topliss-reactive ketones (excluding diaryl/α,β-unsaturated/α-hetero) is 2. The van der Waals surface area contributed by atoms with Crippen molar-refractivity contribution in [2.45, 2.75) is 83.8 Å². The van der Waals surface area contributed by atoms with Crippen molar-refractivity contribution in [3.8, 4) is 11.5 Å². The van der Waals surface area contributed by atoms with E-state index in [0.717, 1.165) is 37.9 Å². The fourth-order valence-corrected chi connectivity index (χ4v) is 5.67. The molecule has 11 heteroatoms. The summed E-state index contributed by atoms with van der Waals surface area (Å²) in [5.74, 6) is -2.68. The van der Waals surface area contributed by atoms with Crippen LogP contribution in [-0.2, 0) is 22.6 Å².